The zero-order valence-corrected chi connectivity index (χ0v) is 16.3. The highest BCUT2D eigenvalue weighted by Crippen LogP contribution is 2.23. The molecule has 0 aliphatic rings. The highest BCUT2D eigenvalue weighted by atomic mass is 16.2. The van der Waals surface area contributed by atoms with Gasteiger partial charge in [0.1, 0.15) is 0 Å². The molecule has 1 rings (SSSR count). The van der Waals surface area contributed by atoms with E-state index in [0.29, 0.717) is 19.5 Å². The molecule has 0 atom stereocenters. The van der Waals surface area contributed by atoms with Gasteiger partial charge >= 0.3 is 6.03 Å². The molecule has 0 fully saturated rings. The maximum atomic E-state index is 12.8. The van der Waals surface area contributed by atoms with Crippen LogP contribution in [0, 0.1) is 13.8 Å². The number of rotatable bonds is 9. The first kappa shape index (κ1) is 21.0. The van der Waals surface area contributed by atoms with Gasteiger partial charge < -0.3 is 10.6 Å². The molecule has 5 heteroatoms. The Labute approximate surface area is 152 Å². The minimum atomic E-state index is -0.139. The molecule has 0 radical (unpaired) electrons. The van der Waals surface area contributed by atoms with Crippen LogP contribution < -0.4 is 15.5 Å². The van der Waals surface area contributed by atoms with Crippen LogP contribution in [0.2, 0.25) is 0 Å². The minimum Gasteiger partial charge on any atom is -0.356 e. The monoisotopic (exact) mass is 347 g/mol. The first-order chi connectivity index (χ1) is 11.9. The highest BCUT2D eigenvalue weighted by Gasteiger charge is 2.23. The lowest BCUT2D eigenvalue weighted by Gasteiger charge is -2.31. The van der Waals surface area contributed by atoms with Crippen molar-refractivity contribution in [2.45, 2.75) is 66.3 Å². The van der Waals surface area contributed by atoms with Crippen LogP contribution in [0.4, 0.5) is 10.5 Å². The predicted octanol–water partition coefficient (Wildman–Crippen LogP) is 3.92. The van der Waals surface area contributed by atoms with Gasteiger partial charge in [0.25, 0.3) is 0 Å². The third-order valence-electron chi connectivity index (χ3n) is 4.50. The number of aryl methyl sites for hydroxylation is 2. The van der Waals surface area contributed by atoms with Crippen molar-refractivity contribution in [3.05, 3.63) is 29.3 Å². The summed E-state index contributed by atoms with van der Waals surface area (Å²) in [5, 5.41) is 5.72. The second-order valence-corrected chi connectivity index (χ2v) is 6.44. The van der Waals surface area contributed by atoms with Gasteiger partial charge in [0.15, 0.2) is 0 Å². The van der Waals surface area contributed by atoms with E-state index in [0.717, 1.165) is 24.9 Å². The van der Waals surface area contributed by atoms with Crippen LogP contribution in [-0.4, -0.2) is 31.1 Å². The summed E-state index contributed by atoms with van der Waals surface area (Å²) in [6.07, 6.45) is 2.98. The van der Waals surface area contributed by atoms with E-state index in [9.17, 15) is 9.59 Å². The van der Waals surface area contributed by atoms with Crippen LogP contribution in [-0.2, 0) is 4.79 Å². The van der Waals surface area contributed by atoms with Crippen LogP contribution in [0.5, 0.6) is 0 Å². The van der Waals surface area contributed by atoms with Crippen LogP contribution in [0.15, 0.2) is 18.2 Å². The molecule has 5 nitrogen and oxygen atoms in total. The van der Waals surface area contributed by atoms with E-state index in [4.69, 9.17) is 0 Å². The standard InChI is InChI=1S/C20H33N3O2/c1-6-12-21-19(24)11-13-22-20(25)23(17(7-2)8-3)18-10-9-15(4)16(5)14-18/h9-10,14,17H,6-8,11-13H2,1-5H3,(H,21,24)(H,22,25). The largest absolute Gasteiger partial charge is 0.356 e. The molecule has 0 aliphatic heterocycles. The molecule has 25 heavy (non-hydrogen) atoms. The number of carbonyl (C=O) groups is 2. The summed E-state index contributed by atoms with van der Waals surface area (Å²) in [6.45, 7) is 11.3. The third kappa shape index (κ3) is 6.40. The van der Waals surface area contributed by atoms with E-state index in [2.05, 4.69) is 44.4 Å². The Kier molecular flexibility index (Phi) is 9.03. The van der Waals surface area contributed by atoms with E-state index < -0.39 is 0 Å². The van der Waals surface area contributed by atoms with Gasteiger partial charge in [0.2, 0.25) is 5.91 Å². The normalized spacial score (nSPS) is 10.6. The van der Waals surface area contributed by atoms with Crippen molar-refractivity contribution in [1.29, 1.82) is 0 Å². The lowest BCUT2D eigenvalue weighted by Crippen LogP contribution is -2.47. The number of benzene rings is 1. The number of urea groups is 1. The fourth-order valence-electron chi connectivity index (χ4n) is 2.74. The Balaban J connectivity index is 2.80. The second-order valence-electron chi connectivity index (χ2n) is 6.44. The molecule has 0 spiro atoms. The van der Waals surface area contributed by atoms with Crippen molar-refractivity contribution in [2.24, 2.45) is 0 Å². The number of hydrogen-bond acceptors (Lipinski definition) is 2. The summed E-state index contributed by atoms with van der Waals surface area (Å²) >= 11 is 0. The van der Waals surface area contributed by atoms with Crippen molar-refractivity contribution >= 4 is 17.6 Å². The van der Waals surface area contributed by atoms with E-state index >= 15 is 0 Å². The van der Waals surface area contributed by atoms with Crippen molar-refractivity contribution in [3.63, 3.8) is 0 Å². The quantitative estimate of drug-likeness (QED) is 0.711. The number of nitrogens with one attached hydrogen (secondary N) is 2. The number of amides is 3. The van der Waals surface area contributed by atoms with Crippen LogP contribution in [0.25, 0.3) is 0 Å². The average Bonchev–Trinajstić information content (AvgIpc) is 2.60. The summed E-state index contributed by atoms with van der Waals surface area (Å²) in [5.74, 6) is -0.0255. The summed E-state index contributed by atoms with van der Waals surface area (Å²) in [5.41, 5.74) is 3.28. The summed E-state index contributed by atoms with van der Waals surface area (Å²) < 4.78 is 0. The molecule has 1 aromatic carbocycles. The summed E-state index contributed by atoms with van der Waals surface area (Å²) in [6, 6.07) is 6.09. The molecule has 0 aliphatic carbocycles. The van der Waals surface area contributed by atoms with E-state index in [1.54, 1.807) is 0 Å². The Morgan fingerprint density at radius 3 is 2.24 bits per heavy atom. The second kappa shape index (κ2) is 10.7. The van der Waals surface area contributed by atoms with Gasteiger partial charge in [-0.3, -0.25) is 9.69 Å². The molecular weight excluding hydrogens is 314 g/mol. The van der Waals surface area contributed by atoms with Crippen LogP contribution >= 0.6 is 0 Å². The maximum absolute atomic E-state index is 12.8. The Bertz CT molecular complexity index is 568. The molecule has 0 unspecified atom stereocenters. The van der Waals surface area contributed by atoms with Gasteiger partial charge in [-0.05, 0) is 56.4 Å². The molecular formula is C20H33N3O2. The number of carbonyl (C=O) groups excluding carboxylic acids is 2. The molecule has 3 amide bonds. The molecule has 0 aromatic heterocycles. The molecule has 0 saturated heterocycles. The third-order valence-corrected chi connectivity index (χ3v) is 4.50. The van der Waals surface area contributed by atoms with Crippen molar-refractivity contribution in [3.8, 4) is 0 Å². The van der Waals surface area contributed by atoms with Gasteiger partial charge in [-0.15, -0.1) is 0 Å². The summed E-state index contributed by atoms with van der Waals surface area (Å²) in [4.78, 5) is 26.3. The Morgan fingerprint density at radius 2 is 1.68 bits per heavy atom. The predicted molar refractivity (Wildman–Crippen MR) is 104 cm³/mol. The van der Waals surface area contributed by atoms with E-state index in [1.807, 2.05) is 24.0 Å². The van der Waals surface area contributed by atoms with Gasteiger partial charge in [0.05, 0.1) is 0 Å². The van der Waals surface area contributed by atoms with Crippen molar-refractivity contribution < 1.29 is 9.59 Å². The average molecular weight is 348 g/mol. The molecule has 0 saturated carbocycles. The number of hydrogen-bond donors (Lipinski definition) is 2. The fourth-order valence-corrected chi connectivity index (χ4v) is 2.74. The van der Waals surface area contributed by atoms with Gasteiger partial charge in [0, 0.05) is 31.2 Å². The molecule has 0 heterocycles. The summed E-state index contributed by atoms with van der Waals surface area (Å²) in [7, 11) is 0. The zero-order valence-electron chi connectivity index (χ0n) is 16.3. The van der Waals surface area contributed by atoms with Gasteiger partial charge in [-0.2, -0.15) is 0 Å². The van der Waals surface area contributed by atoms with E-state index in [-0.39, 0.29) is 18.0 Å². The maximum Gasteiger partial charge on any atom is 0.322 e. The zero-order chi connectivity index (χ0) is 18.8. The van der Waals surface area contributed by atoms with Crippen LogP contribution in [0.1, 0.15) is 57.6 Å². The van der Waals surface area contributed by atoms with Crippen molar-refractivity contribution in [1.82, 2.24) is 10.6 Å². The minimum absolute atomic E-state index is 0.0255. The number of nitrogens with zero attached hydrogens (tertiary/aromatic N) is 1. The topological polar surface area (TPSA) is 61.4 Å². The fraction of sp³-hybridized carbons (Fsp3) is 0.600. The van der Waals surface area contributed by atoms with Crippen LogP contribution in [0.3, 0.4) is 0 Å². The van der Waals surface area contributed by atoms with Gasteiger partial charge in [-0.1, -0.05) is 26.8 Å². The SMILES string of the molecule is CCCNC(=O)CCNC(=O)N(c1ccc(C)c(C)c1)C(CC)CC. The first-order valence-electron chi connectivity index (χ1n) is 9.35. The van der Waals surface area contributed by atoms with E-state index in [1.165, 1.54) is 11.1 Å². The number of anilines is 1. The molecule has 2 N–H and O–H groups in total. The first-order valence-corrected chi connectivity index (χ1v) is 9.35. The molecule has 1 aromatic rings. The smallest absolute Gasteiger partial charge is 0.322 e. The highest BCUT2D eigenvalue weighted by molar-refractivity contribution is 5.93. The molecule has 0 bridgehead atoms. The lowest BCUT2D eigenvalue weighted by molar-refractivity contribution is -0.120. The molecule has 140 valence electrons. The van der Waals surface area contributed by atoms with Crippen molar-refractivity contribution in [2.75, 3.05) is 18.0 Å². The Morgan fingerprint density at radius 1 is 1.00 bits per heavy atom. The lowest BCUT2D eigenvalue weighted by atomic mass is 10.1. The van der Waals surface area contributed by atoms with Gasteiger partial charge in [-0.25, -0.2) is 4.79 Å². The Hall–Kier alpha value is -2.04.